The van der Waals surface area contributed by atoms with Crippen LogP contribution in [-0.4, -0.2) is 63.9 Å². The van der Waals surface area contributed by atoms with E-state index < -0.39 is 17.7 Å². The van der Waals surface area contributed by atoms with Gasteiger partial charge in [-0.25, -0.2) is 4.79 Å². The van der Waals surface area contributed by atoms with Crippen molar-refractivity contribution in [2.75, 3.05) is 24.7 Å². The number of likely N-dealkylation sites (tertiary alicyclic amines) is 1. The number of ketones is 1. The molecule has 112 valence electrons. The molecular formula is C13H20N2O4S. The summed E-state index contributed by atoms with van der Waals surface area (Å²) in [5.41, 5.74) is -0.639. The average Bonchev–Trinajstić information content (AvgIpc) is 2.94. The third kappa shape index (κ3) is 3.45. The third-order valence-corrected chi connectivity index (χ3v) is 4.09. The van der Waals surface area contributed by atoms with Crippen molar-refractivity contribution in [3.05, 3.63) is 0 Å². The van der Waals surface area contributed by atoms with Crippen molar-refractivity contribution in [1.82, 2.24) is 9.80 Å². The van der Waals surface area contributed by atoms with E-state index in [1.54, 1.807) is 37.4 Å². The van der Waals surface area contributed by atoms with Crippen molar-refractivity contribution in [2.45, 2.75) is 38.8 Å². The minimum atomic E-state index is -0.698. The summed E-state index contributed by atoms with van der Waals surface area (Å²) in [5, 5.41) is 0. The molecule has 0 N–H and O–H groups in total. The predicted molar refractivity (Wildman–Crippen MR) is 75.4 cm³/mol. The standard InChI is InChI=1S/C13H20N2O4S/c1-13(2,3)19-12(18)15-7-9(16)6-10(15)11(17)14-4-5-20-8-14/h10H,4-8H2,1-3H3/t10-/m0/s1. The Morgan fingerprint density at radius 3 is 2.60 bits per heavy atom. The molecular weight excluding hydrogens is 280 g/mol. The van der Waals surface area contributed by atoms with Gasteiger partial charge < -0.3 is 9.64 Å². The Morgan fingerprint density at radius 2 is 2.05 bits per heavy atom. The maximum Gasteiger partial charge on any atom is 0.411 e. The van der Waals surface area contributed by atoms with Crippen molar-refractivity contribution in [3.8, 4) is 0 Å². The van der Waals surface area contributed by atoms with Gasteiger partial charge in [0.25, 0.3) is 0 Å². The lowest BCUT2D eigenvalue weighted by molar-refractivity contribution is -0.134. The quantitative estimate of drug-likeness (QED) is 0.725. The third-order valence-electron chi connectivity index (χ3n) is 3.12. The number of Topliss-reactive ketones (excluding diaryl/α,β-unsaturated/α-hetero) is 1. The van der Waals surface area contributed by atoms with Gasteiger partial charge in [0.1, 0.15) is 11.6 Å². The number of hydrogen-bond acceptors (Lipinski definition) is 5. The highest BCUT2D eigenvalue weighted by molar-refractivity contribution is 7.99. The molecule has 0 aliphatic carbocycles. The topological polar surface area (TPSA) is 66.9 Å². The normalized spacial score (nSPS) is 23.4. The fourth-order valence-corrected chi connectivity index (χ4v) is 3.18. The summed E-state index contributed by atoms with van der Waals surface area (Å²) in [6, 6.07) is -0.698. The lowest BCUT2D eigenvalue weighted by Gasteiger charge is -2.29. The molecule has 6 nitrogen and oxygen atoms in total. The maximum absolute atomic E-state index is 12.4. The summed E-state index contributed by atoms with van der Waals surface area (Å²) in [6.07, 6.45) is -0.493. The summed E-state index contributed by atoms with van der Waals surface area (Å²) in [4.78, 5) is 39.1. The Balaban J connectivity index is 2.08. The number of hydrogen-bond donors (Lipinski definition) is 0. The molecule has 0 saturated carbocycles. The van der Waals surface area contributed by atoms with E-state index in [-0.39, 0.29) is 24.7 Å². The number of carbonyl (C=O) groups excluding carboxylic acids is 3. The van der Waals surface area contributed by atoms with Crippen LogP contribution in [0.2, 0.25) is 0 Å². The number of carbonyl (C=O) groups is 3. The Morgan fingerprint density at radius 1 is 1.35 bits per heavy atom. The van der Waals surface area contributed by atoms with Gasteiger partial charge in [-0.15, -0.1) is 11.8 Å². The summed E-state index contributed by atoms with van der Waals surface area (Å²) in [5.74, 6) is 1.29. The Hall–Kier alpha value is -1.24. The van der Waals surface area contributed by atoms with Gasteiger partial charge in [-0.1, -0.05) is 0 Å². The molecule has 1 atom stereocenters. The molecule has 2 amide bonds. The van der Waals surface area contributed by atoms with E-state index in [4.69, 9.17) is 4.74 Å². The van der Waals surface area contributed by atoms with Gasteiger partial charge in [0.05, 0.1) is 12.4 Å². The van der Waals surface area contributed by atoms with Gasteiger partial charge in [-0.3, -0.25) is 14.5 Å². The Kier molecular flexibility index (Phi) is 4.27. The van der Waals surface area contributed by atoms with E-state index in [1.165, 1.54) is 4.90 Å². The van der Waals surface area contributed by atoms with Crippen LogP contribution in [0.4, 0.5) is 4.79 Å². The molecule has 2 heterocycles. The van der Waals surface area contributed by atoms with E-state index in [0.717, 1.165) is 5.75 Å². The van der Waals surface area contributed by atoms with Gasteiger partial charge in [-0.05, 0) is 20.8 Å². The second kappa shape index (κ2) is 5.63. The highest BCUT2D eigenvalue weighted by Gasteiger charge is 2.42. The highest BCUT2D eigenvalue weighted by atomic mass is 32.2. The van der Waals surface area contributed by atoms with E-state index >= 15 is 0 Å². The second-order valence-electron chi connectivity index (χ2n) is 6.01. The zero-order chi connectivity index (χ0) is 14.9. The largest absolute Gasteiger partial charge is 0.444 e. The monoisotopic (exact) mass is 300 g/mol. The molecule has 0 spiro atoms. The molecule has 0 aromatic rings. The first-order valence-corrected chi connectivity index (χ1v) is 7.81. The molecule has 0 radical (unpaired) electrons. The van der Waals surface area contributed by atoms with E-state index in [1.807, 2.05) is 0 Å². The first-order valence-electron chi connectivity index (χ1n) is 6.66. The molecule has 0 unspecified atom stereocenters. The maximum atomic E-state index is 12.4. The van der Waals surface area contributed by atoms with Gasteiger partial charge in [0, 0.05) is 18.7 Å². The first kappa shape index (κ1) is 15.2. The number of rotatable bonds is 1. The fourth-order valence-electron chi connectivity index (χ4n) is 2.22. The van der Waals surface area contributed by atoms with Crippen molar-refractivity contribution in [3.63, 3.8) is 0 Å². The van der Waals surface area contributed by atoms with Crippen LogP contribution in [-0.2, 0) is 14.3 Å². The second-order valence-corrected chi connectivity index (χ2v) is 7.08. The van der Waals surface area contributed by atoms with E-state index in [0.29, 0.717) is 12.4 Å². The molecule has 2 rings (SSSR count). The zero-order valence-electron chi connectivity index (χ0n) is 12.0. The smallest absolute Gasteiger partial charge is 0.411 e. The van der Waals surface area contributed by atoms with Crippen LogP contribution < -0.4 is 0 Å². The molecule has 2 aliphatic heterocycles. The first-order chi connectivity index (χ1) is 9.28. The minimum Gasteiger partial charge on any atom is -0.444 e. The molecule has 2 aliphatic rings. The van der Waals surface area contributed by atoms with Crippen LogP contribution in [0, 0.1) is 0 Å². The van der Waals surface area contributed by atoms with E-state index in [2.05, 4.69) is 0 Å². The predicted octanol–water partition coefficient (Wildman–Crippen LogP) is 1.10. The lowest BCUT2D eigenvalue weighted by atomic mass is 10.2. The van der Waals surface area contributed by atoms with Gasteiger partial charge in [0.2, 0.25) is 5.91 Å². The minimum absolute atomic E-state index is 0.0354. The van der Waals surface area contributed by atoms with Crippen molar-refractivity contribution in [1.29, 1.82) is 0 Å². The van der Waals surface area contributed by atoms with Crippen LogP contribution in [0.3, 0.4) is 0 Å². The number of ether oxygens (including phenoxy) is 1. The summed E-state index contributed by atoms with van der Waals surface area (Å²) in [7, 11) is 0. The molecule has 0 aromatic heterocycles. The van der Waals surface area contributed by atoms with Gasteiger partial charge >= 0.3 is 6.09 Å². The van der Waals surface area contributed by atoms with Crippen LogP contribution in [0.15, 0.2) is 0 Å². The van der Waals surface area contributed by atoms with Crippen LogP contribution in [0.25, 0.3) is 0 Å². The molecule has 0 aromatic carbocycles. The number of nitrogens with zero attached hydrogens (tertiary/aromatic N) is 2. The lowest BCUT2D eigenvalue weighted by Crippen LogP contribution is -2.48. The molecule has 2 fully saturated rings. The van der Waals surface area contributed by atoms with Crippen molar-refractivity contribution in [2.24, 2.45) is 0 Å². The van der Waals surface area contributed by atoms with Crippen molar-refractivity contribution < 1.29 is 19.1 Å². The van der Waals surface area contributed by atoms with Gasteiger partial charge in [-0.2, -0.15) is 0 Å². The molecule has 2 saturated heterocycles. The zero-order valence-corrected chi connectivity index (χ0v) is 12.9. The Labute approximate surface area is 122 Å². The van der Waals surface area contributed by atoms with E-state index in [9.17, 15) is 14.4 Å². The average molecular weight is 300 g/mol. The van der Waals surface area contributed by atoms with Crippen LogP contribution in [0.5, 0.6) is 0 Å². The summed E-state index contributed by atoms with van der Waals surface area (Å²) < 4.78 is 5.27. The van der Waals surface area contributed by atoms with Crippen molar-refractivity contribution >= 4 is 29.5 Å². The molecule has 20 heavy (non-hydrogen) atoms. The SMILES string of the molecule is CC(C)(C)OC(=O)N1CC(=O)C[C@H]1C(=O)N1CCSC1. The summed E-state index contributed by atoms with van der Waals surface area (Å²) >= 11 is 1.68. The fraction of sp³-hybridized carbons (Fsp3) is 0.769. The van der Waals surface area contributed by atoms with Crippen LogP contribution >= 0.6 is 11.8 Å². The summed E-state index contributed by atoms with van der Waals surface area (Å²) in [6.45, 7) is 5.92. The Bertz CT molecular complexity index is 427. The number of thioether (sulfide) groups is 1. The molecule has 0 bridgehead atoms. The van der Waals surface area contributed by atoms with Crippen LogP contribution in [0.1, 0.15) is 27.2 Å². The number of amides is 2. The van der Waals surface area contributed by atoms with Gasteiger partial charge in [0.15, 0.2) is 5.78 Å². The highest BCUT2D eigenvalue weighted by Crippen LogP contribution is 2.23. The molecule has 7 heteroatoms.